The lowest BCUT2D eigenvalue weighted by Gasteiger charge is -2.05. The zero-order valence-corrected chi connectivity index (χ0v) is 9.23. The van der Waals surface area contributed by atoms with Crippen molar-refractivity contribution in [3.63, 3.8) is 0 Å². The molecule has 1 heterocycles. The molecule has 0 saturated heterocycles. The number of aromatic nitrogens is 2. The van der Waals surface area contributed by atoms with E-state index in [0.717, 1.165) is 12.1 Å². The minimum Gasteiger partial charge on any atom is -0.418 e. The number of rotatable bonds is 3. The predicted molar refractivity (Wildman–Crippen MR) is 55.1 cm³/mol. The predicted octanol–water partition coefficient (Wildman–Crippen LogP) is 2.91. The van der Waals surface area contributed by atoms with Crippen LogP contribution in [0.3, 0.4) is 0 Å². The summed E-state index contributed by atoms with van der Waals surface area (Å²) in [5.74, 6) is 0.277. The van der Waals surface area contributed by atoms with Crippen molar-refractivity contribution in [2.75, 3.05) is 7.11 Å². The second kappa shape index (κ2) is 4.77. The van der Waals surface area contributed by atoms with E-state index in [1.165, 1.54) is 25.8 Å². The van der Waals surface area contributed by atoms with E-state index in [4.69, 9.17) is 4.42 Å². The second-order valence-electron chi connectivity index (χ2n) is 3.37. The van der Waals surface area contributed by atoms with Crippen LogP contribution in [-0.4, -0.2) is 17.3 Å². The first-order valence-corrected chi connectivity index (χ1v) is 4.88. The molecule has 0 fully saturated rings. The lowest BCUT2D eigenvalue weighted by molar-refractivity contribution is -0.137. The summed E-state index contributed by atoms with van der Waals surface area (Å²) >= 11 is 0. The van der Waals surface area contributed by atoms with Gasteiger partial charge in [-0.1, -0.05) is 0 Å². The van der Waals surface area contributed by atoms with Crippen molar-refractivity contribution in [2.45, 2.75) is 6.18 Å². The van der Waals surface area contributed by atoms with Crippen molar-refractivity contribution < 1.29 is 22.3 Å². The van der Waals surface area contributed by atoms with E-state index in [1.54, 1.807) is 0 Å². The molecule has 1 aromatic heterocycles. The quantitative estimate of drug-likeness (QED) is 0.848. The van der Waals surface area contributed by atoms with Gasteiger partial charge in [0, 0.05) is 12.7 Å². The van der Waals surface area contributed by atoms with Crippen LogP contribution < -0.4 is 0 Å². The van der Waals surface area contributed by atoms with Gasteiger partial charge < -0.3 is 9.15 Å². The average Bonchev–Trinajstić information content (AvgIpc) is 2.77. The fourth-order valence-corrected chi connectivity index (χ4v) is 1.30. The summed E-state index contributed by atoms with van der Waals surface area (Å²) in [6, 6.07) is 4.46. The van der Waals surface area contributed by atoms with Crippen LogP contribution in [-0.2, 0) is 10.9 Å². The first kappa shape index (κ1) is 12.6. The van der Waals surface area contributed by atoms with Crippen LogP contribution in [0.15, 0.2) is 28.7 Å². The number of ether oxygens (including phenoxy) is 1. The number of hydrogen-bond acceptors (Lipinski definition) is 4. The van der Waals surface area contributed by atoms with Crippen molar-refractivity contribution in [3.05, 3.63) is 42.3 Å². The molecule has 0 atom stereocenters. The Hall–Kier alpha value is -1.89. The van der Waals surface area contributed by atoms with Crippen molar-refractivity contribution in [3.8, 4) is 11.5 Å². The van der Waals surface area contributed by atoms with E-state index < -0.39 is 11.7 Å². The Kier molecular flexibility index (Phi) is 3.33. The number of alkyl halides is 3. The SMILES string of the molecule is CO[CH]c1nnc(-c2ccc(C(F)(F)F)cc2)o1. The molecule has 4 nitrogen and oxygen atoms in total. The maximum absolute atomic E-state index is 12.4. The number of hydrogen-bond donors (Lipinski definition) is 0. The number of nitrogens with zero attached hydrogens (tertiary/aromatic N) is 2. The van der Waals surface area contributed by atoms with Crippen LogP contribution in [0, 0.1) is 6.61 Å². The maximum atomic E-state index is 12.4. The van der Waals surface area contributed by atoms with E-state index in [9.17, 15) is 13.2 Å². The van der Waals surface area contributed by atoms with E-state index in [-0.39, 0.29) is 11.8 Å². The van der Waals surface area contributed by atoms with Crippen LogP contribution in [0.4, 0.5) is 13.2 Å². The molecule has 0 amide bonds. The topological polar surface area (TPSA) is 48.2 Å². The molecule has 95 valence electrons. The van der Waals surface area contributed by atoms with E-state index >= 15 is 0 Å². The van der Waals surface area contributed by atoms with Gasteiger partial charge in [-0.05, 0) is 24.3 Å². The minimum absolute atomic E-state index is 0.132. The van der Waals surface area contributed by atoms with E-state index in [2.05, 4.69) is 14.9 Å². The van der Waals surface area contributed by atoms with Gasteiger partial charge in [0.05, 0.1) is 5.56 Å². The van der Waals surface area contributed by atoms with Gasteiger partial charge in [0.1, 0.15) is 0 Å². The first-order chi connectivity index (χ1) is 8.50. The molecular weight excluding hydrogens is 249 g/mol. The summed E-state index contributed by atoms with van der Waals surface area (Å²) in [7, 11) is 1.42. The summed E-state index contributed by atoms with van der Waals surface area (Å²) in [5, 5.41) is 7.32. The van der Waals surface area contributed by atoms with E-state index in [0.29, 0.717) is 5.56 Å². The Morgan fingerprint density at radius 2 is 1.83 bits per heavy atom. The molecule has 0 aliphatic heterocycles. The zero-order chi connectivity index (χ0) is 13.2. The van der Waals surface area contributed by atoms with Crippen molar-refractivity contribution >= 4 is 0 Å². The monoisotopic (exact) mass is 257 g/mol. The third-order valence-electron chi connectivity index (χ3n) is 2.12. The number of methoxy groups -OCH3 is 1. The molecule has 2 rings (SSSR count). The van der Waals surface area contributed by atoms with Crippen molar-refractivity contribution in [1.29, 1.82) is 0 Å². The largest absolute Gasteiger partial charge is 0.418 e. The highest BCUT2D eigenvalue weighted by Crippen LogP contribution is 2.30. The highest BCUT2D eigenvalue weighted by Gasteiger charge is 2.30. The summed E-state index contributed by atoms with van der Waals surface area (Å²) in [5.41, 5.74) is -0.319. The molecule has 0 bridgehead atoms. The lowest BCUT2D eigenvalue weighted by atomic mass is 10.1. The normalized spacial score (nSPS) is 11.8. The molecule has 0 spiro atoms. The highest BCUT2D eigenvalue weighted by atomic mass is 19.4. The molecule has 0 aliphatic rings. The van der Waals surface area contributed by atoms with Crippen LogP contribution in [0.5, 0.6) is 0 Å². The summed E-state index contributed by atoms with van der Waals surface area (Å²) < 4.78 is 46.9. The lowest BCUT2D eigenvalue weighted by Crippen LogP contribution is -2.03. The Labute approximate surface area is 100 Å². The molecule has 2 aromatic rings. The number of benzene rings is 1. The van der Waals surface area contributed by atoms with Gasteiger partial charge in [0.15, 0.2) is 6.61 Å². The summed E-state index contributed by atoms with van der Waals surface area (Å²) in [4.78, 5) is 0. The third kappa shape index (κ3) is 2.67. The van der Waals surface area contributed by atoms with Gasteiger partial charge >= 0.3 is 6.18 Å². The van der Waals surface area contributed by atoms with Gasteiger partial charge in [-0.15, -0.1) is 10.2 Å². The Morgan fingerprint density at radius 3 is 2.39 bits per heavy atom. The fraction of sp³-hybridized carbons (Fsp3) is 0.182. The second-order valence-corrected chi connectivity index (χ2v) is 3.37. The number of halogens is 3. The summed E-state index contributed by atoms with van der Waals surface area (Å²) in [6.07, 6.45) is -4.36. The zero-order valence-electron chi connectivity index (χ0n) is 9.23. The molecule has 0 aliphatic carbocycles. The van der Waals surface area contributed by atoms with E-state index in [1.807, 2.05) is 0 Å². The van der Waals surface area contributed by atoms with Gasteiger partial charge in [0.2, 0.25) is 11.8 Å². The minimum atomic E-state index is -4.36. The Morgan fingerprint density at radius 1 is 1.17 bits per heavy atom. The standard InChI is InChI=1S/C11H8F3N2O2/c1-17-6-9-15-16-10(18-9)7-2-4-8(5-3-7)11(12,13)14/h2-6H,1H3. The average molecular weight is 257 g/mol. The van der Waals surface area contributed by atoms with Gasteiger partial charge in [-0.2, -0.15) is 13.2 Å². The molecule has 0 N–H and O–H groups in total. The molecule has 1 aromatic carbocycles. The van der Waals surface area contributed by atoms with Crippen LogP contribution in [0.1, 0.15) is 11.5 Å². The highest BCUT2D eigenvalue weighted by molar-refractivity contribution is 5.53. The smallest absolute Gasteiger partial charge is 0.416 e. The fourth-order valence-electron chi connectivity index (χ4n) is 1.30. The van der Waals surface area contributed by atoms with Gasteiger partial charge in [0.25, 0.3) is 0 Å². The molecule has 7 heteroatoms. The van der Waals surface area contributed by atoms with Crippen LogP contribution >= 0.6 is 0 Å². The third-order valence-corrected chi connectivity index (χ3v) is 2.12. The maximum Gasteiger partial charge on any atom is 0.416 e. The Balaban J connectivity index is 2.23. The van der Waals surface area contributed by atoms with Gasteiger partial charge in [-0.3, -0.25) is 0 Å². The van der Waals surface area contributed by atoms with Crippen LogP contribution in [0.25, 0.3) is 11.5 Å². The molecule has 1 radical (unpaired) electrons. The van der Waals surface area contributed by atoms with Gasteiger partial charge in [-0.25, -0.2) is 0 Å². The van der Waals surface area contributed by atoms with Crippen molar-refractivity contribution in [1.82, 2.24) is 10.2 Å². The molecular formula is C11H8F3N2O2. The van der Waals surface area contributed by atoms with Crippen molar-refractivity contribution in [2.24, 2.45) is 0 Å². The van der Waals surface area contributed by atoms with Crippen LogP contribution in [0.2, 0.25) is 0 Å². The molecule has 0 unspecified atom stereocenters. The summed E-state index contributed by atoms with van der Waals surface area (Å²) in [6.45, 7) is 1.24. The molecule has 18 heavy (non-hydrogen) atoms. The molecule has 0 saturated carbocycles. The first-order valence-electron chi connectivity index (χ1n) is 4.88. The Bertz CT molecular complexity index is 520.